The predicted molar refractivity (Wildman–Crippen MR) is 132 cm³/mol. The highest BCUT2D eigenvalue weighted by atomic mass is 35.5. The maximum absolute atomic E-state index is 12.4. The highest BCUT2D eigenvalue weighted by Crippen LogP contribution is 2.30. The van der Waals surface area contributed by atoms with Crippen molar-refractivity contribution < 1.29 is 4.79 Å². The number of nitrogens with zero attached hydrogens (tertiary/aromatic N) is 2. The molecule has 1 N–H and O–H groups in total. The number of benzene rings is 2. The van der Waals surface area contributed by atoms with E-state index < -0.39 is 0 Å². The first-order valence-electron chi connectivity index (χ1n) is 11.0. The lowest BCUT2D eigenvalue weighted by Gasteiger charge is -2.11. The van der Waals surface area contributed by atoms with E-state index in [0.29, 0.717) is 17.9 Å². The molecule has 0 aliphatic rings. The highest BCUT2D eigenvalue weighted by molar-refractivity contribution is 6.30. The van der Waals surface area contributed by atoms with Crippen LogP contribution in [0.3, 0.4) is 0 Å². The van der Waals surface area contributed by atoms with Gasteiger partial charge >= 0.3 is 0 Å². The number of aromatic nitrogens is 2. The van der Waals surface area contributed by atoms with Crippen LogP contribution in [0.1, 0.15) is 37.1 Å². The quantitative estimate of drug-likeness (QED) is 0.373. The second-order valence-corrected chi connectivity index (χ2v) is 9.04. The van der Waals surface area contributed by atoms with Crippen LogP contribution in [0.15, 0.2) is 60.8 Å². The van der Waals surface area contributed by atoms with Gasteiger partial charge in [-0.1, -0.05) is 47.5 Å². The number of amides is 1. The number of fused-ring (bicyclic) bond motifs is 1. The Balaban J connectivity index is 1.82. The number of hydrogen-bond acceptors (Lipinski definition) is 2. The van der Waals surface area contributed by atoms with E-state index in [1.54, 1.807) is 0 Å². The fraction of sp³-hybridized carbons (Fsp3) is 0.259. The monoisotopic (exact) mass is 445 g/mol. The van der Waals surface area contributed by atoms with Gasteiger partial charge in [-0.05, 0) is 75.1 Å². The molecule has 0 fully saturated rings. The third kappa shape index (κ3) is 4.71. The number of halogens is 1. The lowest BCUT2D eigenvalue weighted by atomic mass is 10.00. The van der Waals surface area contributed by atoms with Gasteiger partial charge in [-0.25, -0.2) is 4.98 Å². The number of imidazole rings is 1. The number of rotatable bonds is 6. The fourth-order valence-corrected chi connectivity index (χ4v) is 4.13. The molecule has 0 aliphatic carbocycles. The first kappa shape index (κ1) is 22.1. The summed E-state index contributed by atoms with van der Waals surface area (Å²) in [6.07, 6.45) is 3.13. The average molecular weight is 446 g/mol. The molecule has 4 rings (SSSR count). The van der Waals surface area contributed by atoms with Crippen LogP contribution in [-0.2, 0) is 11.2 Å². The van der Waals surface area contributed by atoms with Gasteiger partial charge < -0.3 is 9.72 Å². The molecule has 1 amide bonds. The van der Waals surface area contributed by atoms with Gasteiger partial charge in [0.25, 0.3) is 0 Å². The first-order chi connectivity index (χ1) is 15.3. The molecule has 2 aromatic heterocycles. The van der Waals surface area contributed by atoms with Crippen molar-refractivity contribution in [2.24, 2.45) is 0 Å². The zero-order valence-corrected chi connectivity index (χ0v) is 19.7. The van der Waals surface area contributed by atoms with Crippen LogP contribution in [0, 0.1) is 13.8 Å². The second kappa shape index (κ2) is 9.17. The van der Waals surface area contributed by atoms with E-state index in [2.05, 4.69) is 54.0 Å². The standard InChI is InChI=1S/C27H28ClN3O/c1-17(2)29-26(32)14-12-24-27(20-7-10-22(28)11-8-20)30-25-13-9-21(16-31(24)25)23-15-18(3)5-6-19(23)4/h5-11,13,15-17H,12,14H2,1-4H3,(H,29,32). The molecule has 4 nitrogen and oxygen atoms in total. The maximum Gasteiger partial charge on any atom is 0.220 e. The van der Waals surface area contributed by atoms with Crippen molar-refractivity contribution in [2.45, 2.75) is 46.6 Å². The molecule has 2 heterocycles. The fourth-order valence-electron chi connectivity index (χ4n) is 4.00. The zero-order chi connectivity index (χ0) is 22.8. The summed E-state index contributed by atoms with van der Waals surface area (Å²) in [6, 6.07) is 18.5. The SMILES string of the molecule is Cc1ccc(C)c(-c2ccc3nc(-c4ccc(Cl)cc4)c(CCC(=O)NC(C)C)n3c2)c1. The van der Waals surface area contributed by atoms with Gasteiger partial charge in [-0.2, -0.15) is 0 Å². The van der Waals surface area contributed by atoms with Gasteiger partial charge in [0, 0.05) is 29.2 Å². The summed E-state index contributed by atoms with van der Waals surface area (Å²) in [7, 11) is 0. The van der Waals surface area contributed by atoms with E-state index in [4.69, 9.17) is 16.6 Å². The maximum atomic E-state index is 12.4. The predicted octanol–water partition coefficient (Wildman–Crippen LogP) is 6.40. The minimum absolute atomic E-state index is 0.0442. The van der Waals surface area contributed by atoms with Crippen LogP contribution in [0.4, 0.5) is 0 Å². The van der Waals surface area contributed by atoms with Crippen LogP contribution in [-0.4, -0.2) is 21.3 Å². The summed E-state index contributed by atoms with van der Waals surface area (Å²) >= 11 is 6.11. The zero-order valence-electron chi connectivity index (χ0n) is 18.9. The molecule has 5 heteroatoms. The smallest absolute Gasteiger partial charge is 0.220 e. The lowest BCUT2D eigenvalue weighted by molar-refractivity contribution is -0.121. The molecule has 2 aromatic carbocycles. The van der Waals surface area contributed by atoms with Gasteiger partial charge in [-0.3, -0.25) is 4.79 Å². The van der Waals surface area contributed by atoms with E-state index in [-0.39, 0.29) is 11.9 Å². The summed E-state index contributed by atoms with van der Waals surface area (Å²) < 4.78 is 2.13. The lowest BCUT2D eigenvalue weighted by Crippen LogP contribution is -2.30. The van der Waals surface area contributed by atoms with Crippen LogP contribution in [0.2, 0.25) is 5.02 Å². The van der Waals surface area contributed by atoms with Crippen molar-refractivity contribution in [2.75, 3.05) is 0 Å². The van der Waals surface area contributed by atoms with E-state index >= 15 is 0 Å². The largest absolute Gasteiger partial charge is 0.354 e. The molecule has 32 heavy (non-hydrogen) atoms. The summed E-state index contributed by atoms with van der Waals surface area (Å²) in [4.78, 5) is 17.3. The minimum atomic E-state index is 0.0442. The van der Waals surface area contributed by atoms with Crippen molar-refractivity contribution in [3.63, 3.8) is 0 Å². The average Bonchev–Trinajstić information content (AvgIpc) is 3.11. The number of pyridine rings is 1. The Kier molecular flexibility index (Phi) is 6.33. The van der Waals surface area contributed by atoms with Crippen LogP contribution < -0.4 is 5.32 Å². The van der Waals surface area contributed by atoms with Gasteiger partial charge in [-0.15, -0.1) is 0 Å². The van der Waals surface area contributed by atoms with Gasteiger partial charge in [0.15, 0.2) is 0 Å². The Morgan fingerprint density at radius 2 is 1.75 bits per heavy atom. The van der Waals surface area contributed by atoms with E-state index in [1.165, 1.54) is 16.7 Å². The normalized spacial score (nSPS) is 11.3. The van der Waals surface area contributed by atoms with Crippen LogP contribution >= 0.6 is 11.6 Å². The molecule has 0 unspecified atom stereocenters. The third-order valence-electron chi connectivity index (χ3n) is 5.58. The number of aryl methyl sites for hydroxylation is 3. The van der Waals surface area contributed by atoms with Crippen LogP contribution in [0.5, 0.6) is 0 Å². The van der Waals surface area contributed by atoms with Gasteiger partial charge in [0.05, 0.1) is 11.4 Å². The molecule has 0 saturated carbocycles. The number of carbonyl (C=O) groups excluding carboxylic acids is 1. The number of carbonyl (C=O) groups is 1. The molecule has 0 saturated heterocycles. The second-order valence-electron chi connectivity index (χ2n) is 8.60. The summed E-state index contributed by atoms with van der Waals surface area (Å²) in [5.74, 6) is 0.0442. The highest BCUT2D eigenvalue weighted by Gasteiger charge is 2.17. The molecule has 0 aliphatic heterocycles. The number of nitrogens with one attached hydrogen (secondary N) is 1. The Bertz CT molecular complexity index is 1270. The molecule has 164 valence electrons. The molecule has 0 radical (unpaired) electrons. The molecule has 4 aromatic rings. The molecule has 0 spiro atoms. The third-order valence-corrected chi connectivity index (χ3v) is 5.83. The minimum Gasteiger partial charge on any atom is -0.354 e. The van der Waals surface area contributed by atoms with Gasteiger partial charge in [0.1, 0.15) is 5.65 Å². The van der Waals surface area contributed by atoms with E-state index in [0.717, 1.165) is 28.2 Å². The van der Waals surface area contributed by atoms with Crippen molar-refractivity contribution in [1.82, 2.24) is 14.7 Å². The Hall–Kier alpha value is -3.11. The van der Waals surface area contributed by atoms with Crippen molar-refractivity contribution >= 4 is 23.2 Å². The first-order valence-corrected chi connectivity index (χ1v) is 11.3. The van der Waals surface area contributed by atoms with Crippen molar-refractivity contribution in [3.8, 4) is 22.4 Å². The van der Waals surface area contributed by atoms with E-state index in [9.17, 15) is 4.79 Å². The van der Waals surface area contributed by atoms with Crippen LogP contribution in [0.25, 0.3) is 28.0 Å². The summed E-state index contributed by atoms with van der Waals surface area (Å²) in [5.41, 5.74) is 8.55. The molecular formula is C27H28ClN3O. The Morgan fingerprint density at radius 1 is 1.03 bits per heavy atom. The molecular weight excluding hydrogens is 418 g/mol. The number of hydrogen-bond donors (Lipinski definition) is 1. The van der Waals surface area contributed by atoms with Crippen molar-refractivity contribution in [3.05, 3.63) is 82.6 Å². The topological polar surface area (TPSA) is 46.4 Å². The van der Waals surface area contributed by atoms with Gasteiger partial charge in [0.2, 0.25) is 5.91 Å². The van der Waals surface area contributed by atoms with Crippen molar-refractivity contribution in [1.29, 1.82) is 0 Å². The Labute approximate surface area is 194 Å². The summed E-state index contributed by atoms with van der Waals surface area (Å²) in [6.45, 7) is 8.18. The Morgan fingerprint density at radius 3 is 2.47 bits per heavy atom. The molecule has 0 bridgehead atoms. The molecule has 0 atom stereocenters. The van der Waals surface area contributed by atoms with E-state index in [1.807, 2.05) is 44.2 Å². The summed E-state index contributed by atoms with van der Waals surface area (Å²) in [5, 5.41) is 3.67.